The fraction of sp³-hybridized carbons (Fsp3) is 0.417. The van der Waals surface area contributed by atoms with Gasteiger partial charge in [0.15, 0.2) is 0 Å². The van der Waals surface area contributed by atoms with E-state index in [-0.39, 0.29) is 17.6 Å². The monoisotopic (exact) mass is 486 g/mol. The number of rotatable bonds is 9. The van der Waals surface area contributed by atoms with Crippen molar-refractivity contribution < 1.29 is 23.0 Å². The summed E-state index contributed by atoms with van der Waals surface area (Å²) in [5.74, 6) is 0.781. The zero-order chi connectivity index (χ0) is 24.1. The number of hydrogen-bond donors (Lipinski definition) is 2. The summed E-state index contributed by atoms with van der Waals surface area (Å²) in [6.07, 6.45) is 3.10. The van der Waals surface area contributed by atoms with Gasteiger partial charge < -0.3 is 14.6 Å². The van der Waals surface area contributed by atoms with Crippen LogP contribution in [0.1, 0.15) is 24.8 Å². The SMILES string of the molecule is COc1ccc(-c2cn(CC[C@H]3CC[C@H](NS(=O)(=O)c4ccccc4C)[C@H](CO)O3)nn2)cc1. The lowest BCUT2D eigenvalue weighted by molar-refractivity contribution is -0.0891. The van der Waals surface area contributed by atoms with E-state index in [9.17, 15) is 13.5 Å². The maximum atomic E-state index is 12.9. The van der Waals surface area contributed by atoms with Gasteiger partial charge in [0.05, 0.1) is 43.1 Å². The van der Waals surface area contributed by atoms with E-state index in [1.54, 1.807) is 43.0 Å². The molecule has 4 rings (SSSR count). The third-order valence-electron chi connectivity index (χ3n) is 6.09. The fourth-order valence-electron chi connectivity index (χ4n) is 4.18. The van der Waals surface area contributed by atoms with Crippen LogP contribution in [0.2, 0.25) is 0 Å². The molecule has 0 amide bonds. The van der Waals surface area contributed by atoms with E-state index >= 15 is 0 Å². The molecule has 2 heterocycles. The molecule has 1 fully saturated rings. The van der Waals surface area contributed by atoms with Crippen LogP contribution in [0, 0.1) is 6.92 Å². The maximum Gasteiger partial charge on any atom is 0.241 e. The van der Waals surface area contributed by atoms with E-state index in [2.05, 4.69) is 15.0 Å². The number of methoxy groups -OCH3 is 1. The van der Waals surface area contributed by atoms with Crippen molar-refractivity contribution in [1.29, 1.82) is 0 Å². The molecular weight excluding hydrogens is 456 g/mol. The largest absolute Gasteiger partial charge is 0.497 e. The Bertz CT molecular complexity index is 1200. The van der Waals surface area contributed by atoms with Gasteiger partial charge in [-0.05, 0) is 62.1 Å². The van der Waals surface area contributed by atoms with Crippen LogP contribution < -0.4 is 9.46 Å². The minimum absolute atomic E-state index is 0.106. The first-order valence-corrected chi connectivity index (χ1v) is 12.8. The van der Waals surface area contributed by atoms with Crippen LogP contribution in [-0.2, 0) is 21.3 Å². The number of aliphatic hydroxyl groups excluding tert-OH is 1. The Labute approximate surface area is 199 Å². The minimum atomic E-state index is -3.71. The number of hydrogen-bond acceptors (Lipinski definition) is 7. The van der Waals surface area contributed by atoms with Gasteiger partial charge in [0, 0.05) is 12.1 Å². The van der Waals surface area contributed by atoms with Crippen molar-refractivity contribution in [2.24, 2.45) is 0 Å². The van der Waals surface area contributed by atoms with Crippen LogP contribution >= 0.6 is 0 Å². The number of benzene rings is 2. The van der Waals surface area contributed by atoms with Gasteiger partial charge in [0.1, 0.15) is 11.4 Å². The summed E-state index contributed by atoms with van der Waals surface area (Å²) in [6.45, 7) is 2.10. The van der Waals surface area contributed by atoms with Crippen LogP contribution in [0.25, 0.3) is 11.3 Å². The maximum absolute atomic E-state index is 12.9. The van der Waals surface area contributed by atoms with Crippen LogP contribution in [0.4, 0.5) is 0 Å². The summed E-state index contributed by atoms with van der Waals surface area (Å²) in [7, 11) is -2.08. The normalized spacial score (nSPS) is 20.9. The Kier molecular flexibility index (Phi) is 7.62. The van der Waals surface area contributed by atoms with Gasteiger partial charge >= 0.3 is 0 Å². The Morgan fingerprint density at radius 2 is 1.94 bits per heavy atom. The van der Waals surface area contributed by atoms with E-state index in [4.69, 9.17) is 9.47 Å². The molecule has 9 nitrogen and oxygen atoms in total. The van der Waals surface area contributed by atoms with Crippen LogP contribution in [0.15, 0.2) is 59.6 Å². The zero-order valence-corrected chi connectivity index (χ0v) is 20.1. The lowest BCUT2D eigenvalue weighted by atomic mass is 9.98. The molecule has 1 saturated heterocycles. The molecule has 0 saturated carbocycles. The molecule has 1 aliphatic heterocycles. The number of sulfonamides is 1. The standard InChI is InChI=1S/C24H30N4O5S/c1-17-5-3-4-6-24(17)34(30,31)26-21-12-11-20(33-23(21)16-29)13-14-28-15-22(25-27-28)18-7-9-19(32-2)10-8-18/h3-10,15,20-21,23,26,29H,11-14,16H2,1-2H3/t20-,21+,23+/m1/s1. The Hall–Kier alpha value is -2.79. The van der Waals surface area contributed by atoms with E-state index in [0.29, 0.717) is 31.4 Å². The summed E-state index contributed by atoms with van der Waals surface area (Å²) in [5, 5.41) is 18.3. The van der Waals surface area contributed by atoms with E-state index in [1.165, 1.54) is 0 Å². The number of ether oxygens (including phenoxy) is 2. The molecular formula is C24H30N4O5S. The second kappa shape index (κ2) is 10.6. The Balaban J connectivity index is 1.33. The van der Waals surface area contributed by atoms with Gasteiger partial charge in [0.2, 0.25) is 10.0 Å². The number of aliphatic hydroxyl groups is 1. The van der Waals surface area contributed by atoms with Gasteiger partial charge in [-0.1, -0.05) is 23.4 Å². The summed E-state index contributed by atoms with van der Waals surface area (Å²) < 4.78 is 41.4. The third-order valence-corrected chi connectivity index (χ3v) is 7.74. The highest BCUT2D eigenvalue weighted by molar-refractivity contribution is 7.89. The van der Waals surface area contributed by atoms with Gasteiger partial charge in [-0.15, -0.1) is 5.10 Å². The summed E-state index contributed by atoms with van der Waals surface area (Å²) in [5.41, 5.74) is 2.39. The van der Waals surface area contributed by atoms with Crippen LogP contribution in [0.3, 0.4) is 0 Å². The van der Waals surface area contributed by atoms with Gasteiger partial charge in [-0.3, -0.25) is 4.68 Å². The molecule has 1 aliphatic rings. The minimum Gasteiger partial charge on any atom is -0.497 e. The number of nitrogens with zero attached hydrogens (tertiary/aromatic N) is 3. The van der Waals surface area contributed by atoms with Crippen LogP contribution in [0.5, 0.6) is 5.75 Å². The second-order valence-corrected chi connectivity index (χ2v) is 10.1. The summed E-state index contributed by atoms with van der Waals surface area (Å²) >= 11 is 0. The van der Waals surface area contributed by atoms with E-state index in [0.717, 1.165) is 17.0 Å². The first-order chi connectivity index (χ1) is 16.4. The lowest BCUT2D eigenvalue weighted by Crippen LogP contribution is -2.51. The predicted molar refractivity (Wildman–Crippen MR) is 127 cm³/mol. The molecule has 0 spiro atoms. The zero-order valence-electron chi connectivity index (χ0n) is 19.3. The molecule has 182 valence electrons. The van der Waals surface area contributed by atoms with E-state index < -0.39 is 22.2 Å². The Morgan fingerprint density at radius 1 is 1.18 bits per heavy atom. The van der Waals surface area contributed by atoms with Crippen LogP contribution in [-0.4, -0.2) is 60.5 Å². The molecule has 3 atom stereocenters. The molecule has 34 heavy (non-hydrogen) atoms. The Morgan fingerprint density at radius 3 is 2.65 bits per heavy atom. The number of aromatic nitrogens is 3. The van der Waals surface area contributed by atoms with Crippen molar-refractivity contribution in [2.45, 2.75) is 55.9 Å². The molecule has 0 unspecified atom stereocenters. The average Bonchev–Trinajstić information content (AvgIpc) is 3.32. The first kappa shape index (κ1) is 24.3. The molecule has 3 aromatic rings. The quantitative estimate of drug-likeness (QED) is 0.478. The van der Waals surface area contributed by atoms with Crippen molar-refractivity contribution >= 4 is 10.0 Å². The van der Waals surface area contributed by atoms with Crippen molar-refractivity contribution in [3.05, 3.63) is 60.3 Å². The van der Waals surface area contributed by atoms with Crippen molar-refractivity contribution in [3.63, 3.8) is 0 Å². The molecule has 0 aliphatic carbocycles. The van der Waals surface area contributed by atoms with Crippen molar-refractivity contribution in [2.75, 3.05) is 13.7 Å². The highest BCUT2D eigenvalue weighted by atomic mass is 32.2. The number of nitrogens with one attached hydrogen (secondary N) is 1. The molecule has 1 aromatic heterocycles. The van der Waals surface area contributed by atoms with Gasteiger partial charge in [0.25, 0.3) is 0 Å². The van der Waals surface area contributed by atoms with Gasteiger partial charge in [-0.25, -0.2) is 13.1 Å². The van der Waals surface area contributed by atoms with Gasteiger partial charge in [-0.2, -0.15) is 0 Å². The van der Waals surface area contributed by atoms with E-state index in [1.807, 2.05) is 30.5 Å². The molecule has 10 heteroatoms. The highest BCUT2D eigenvalue weighted by Gasteiger charge is 2.34. The van der Waals surface area contributed by atoms with Crippen molar-refractivity contribution in [1.82, 2.24) is 19.7 Å². The molecule has 2 aromatic carbocycles. The first-order valence-electron chi connectivity index (χ1n) is 11.3. The van der Waals surface area contributed by atoms with Crippen molar-refractivity contribution in [3.8, 4) is 17.0 Å². The number of aryl methyl sites for hydroxylation is 2. The topological polar surface area (TPSA) is 116 Å². The second-order valence-electron chi connectivity index (χ2n) is 8.43. The third kappa shape index (κ3) is 5.64. The summed E-state index contributed by atoms with van der Waals surface area (Å²) in [4.78, 5) is 0.243. The average molecular weight is 487 g/mol. The predicted octanol–water partition coefficient (Wildman–Crippen LogP) is 2.54. The smallest absolute Gasteiger partial charge is 0.241 e. The molecule has 2 N–H and O–H groups in total. The summed E-state index contributed by atoms with van der Waals surface area (Å²) in [6, 6.07) is 14.0. The highest BCUT2D eigenvalue weighted by Crippen LogP contribution is 2.25. The molecule has 0 radical (unpaired) electrons. The fourth-order valence-corrected chi connectivity index (χ4v) is 5.72. The lowest BCUT2D eigenvalue weighted by Gasteiger charge is -2.36. The molecule has 0 bridgehead atoms.